The van der Waals surface area contributed by atoms with Crippen LogP contribution in [0.25, 0.3) is 10.9 Å². The van der Waals surface area contributed by atoms with Crippen LogP contribution in [0.15, 0.2) is 36.7 Å². The van der Waals surface area contributed by atoms with E-state index in [1.54, 1.807) is 6.07 Å². The van der Waals surface area contributed by atoms with Crippen LogP contribution in [-0.4, -0.2) is 54.2 Å². The summed E-state index contributed by atoms with van der Waals surface area (Å²) in [6.07, 6.45) is -0.564. The molecule has 34 heavy (non-hydrogen) atoms. The number of nitrogens with zero attached hydrogens (tertiary/aromatic N) is 5. The van der Waals surface area contributed by atoms with Crippen LogP contribution in [0.3, 0.4) is 0 Å². The summed E-state index contributed by atoms with van der Waals surface area (Å²) in [6, 6.07) is 4.31. The van der Waals surface area contributed by atoms with E-state index in [9.17, 15) is 27.6 Å². The van der Waals surface area contributed by atoms with Gasteiger partial charge in [0.05, 0.1) is 24.2 Å². The van der Waals surface area contributed by atoms with Gasteiger partial charge in [0.2, 0.25) is 5.91 Å². The van der Waals surface area contributed by atoms with Gasteiger partial charge in [-0.05, 0) is 37.0 Å². The quantitative estimate of drug-likeness (QED) is 0.513. The van der Waals surface area contributed by atoms with Crippen molar-refractivity contribution in [3.8, 4) is 0 Å². The van der Waals surface area contributed by atoms with E-state index in [2.05, 4.69) is 15.1 Å². The molecule has 176 valence electrons. The number of ketones is 2. The molecule has 1 amide bonds. The number of piperidine rings is 1. The molecule has 1 saturated carbocycles. The maximum atomic E-state index is 13.3. The van der Waals surface area contributed by atoms with E-state index in [1.165, 1.54) is 41.0 Å². The van der Waals surface area contributed by atoms with Gasteiger partial charge in [-0.15, -0.1) is 0 Å². The molecule has 2 aliphatic rings. The zero-order valence-electron chi connectivity index (χ0n) is 18.1. The third-order valence-corrected chi connectivity index (χ3v) is 6.39. The van der Waals surface area contributed by atoms with E-state index >= 15 is 0 Å². The largest absolute Gasteiger partial charge is 0.433 e. The van der Waals surface area contributed by atoms with Gasteiger partial charge in [0.25, 0.3) is 0 Å². The zero-order valence-corrected chi connectivity index (χ0v) is 18.1. The lowest BCUT2D eigenvalue weighted by Gasteiger charge is -2.27. The minimum atomic E-state index is -4.60. The van der Waals surface area contributed by atoms with E-state index in [1.807, 2.05) is 0 Å². The number of hydrogen-bond donors (Lipinski definition) is 0. The first kappa shape index (κ1) is 22.2. The average Bonchev–Trinajstić information content (AvgIpc) is 3.29. The monoisotopic (exact) mass is 471 g/mol. The summed E-state index contributed by atoms with van der Waals surface area (Å²) in [7, 11) is 0. The molecule has 0 unspecified atom stereocenters. The molecule has 3 aromatic rings. The highest BCUT2D eigenvalue weighted by atomic mass is 19.4. The van der Waals surface area contributed by atoms with Crippen LogP contribution >= 0.6 is 0 Å². The first-order valence-corrected chi connectivity index (χ1v) is 10.8. The first-order valence-electron chi connectivity index (χ1n) is 10.8. The molecule has 4 heterocycles. The molecule has 0 bridgehead atoms. The Balaban J connectivity index is 1.36. The van der Waals surface area contributed by atoms with Crippen LogP contribution in [0, 0.1) is 5.92 Å². The summed E-state index contributed by atoms with van der Waals surface area (Å²) in [5.74, 6) is -0.712. The van der Waals surface area contributed by atoms with Crippen LogP contribution in [0.5, 0.6) is 0 Å². The molecule has 3 aromatic heterocycles. The summed E-state index contributed by atoms with van der Waals surface area (Å²) >= 11 is 0. The molecule has 11 heteroatoms. The maximum Gasteiger partial charge on any atom is 0.433 e. The van der Waals surface area contributed by atoms with E-state index in [0.717, 1.165) is 12.5 Å². The molecule has 0 spiro atoms. The van der Waals surface area contributed by atoms with Gasteiger partial charge in [0, 0.05) is 30.2 Å². The Morgan fingerprint density at radius 2 is 1.94 bits per heavy atom. The summed E-state index contributed by atoms with van der Waals surface area (Å²) < 4.78 is 40.3. The highest BCUT2D eigenvalue weighted by Crippen LogP contribution is 2.48. The standard InChI is InChI=1S/C23H20F3N5O3/c1-12(32)22-15-5-6-27-10-18(15)30(29-22)11-21(34)31-16-7-13(16)8-17(31)19(33)9-14-3-2-4-20(28-14)23(24,25)26/h2-6,10,13,16-17H,7-9,11H2,1H3/t13-,16-,17+/m1/s1. The third kappa shape index (κ3) is 3.95. The van der Waals surface area contributed by atoms with E-state index in [0.29, 0.717) is 17.3 Å². The average molecular weight is 471 g/mol. The normalized spacial score (nSPS) is 21.5. The fourth-order valence-electron chi connectivity index (χ4n) is 4.75. The number of halogens is 3. The number of carbonyl (C=O) groups is 3. The highest BCUT2D eigenvalue weighted by molar-refractivity contribution is 6.04. The topological polar surface area (TPSA) is 98.1 Å². The summed E-state index contributed by atoms with van der Waals surface area (Å²) in [5.41, 5.74) is -0.272. The molecule has 8 nitrogen and oxygen atoms in total. The minimum Gasteiger partial charge on any atom is -0.328 e. The maximum absolute atomic E-state index is 13.3. The SMILES string of the molecule is CC(=O)c1nn(CC(=O)N2[C@@H]3C[C@@H]3C[C@H]2C(=O)Cc2cccc(C(F)(F)F)n2)c2cnccc12. The number of rotatable bonds is 6. The number of hydrogen-bond acceptors (Lipinski definition) is 6. The Morgan fingerprint density at radius 1 is 1.15 bits per heavy atom. The molecule has 0 radical (unpaired) electrons. The lowest BCUT2D eigenvalue weighted by atomic mass is 10.0. The number of likely N-dealkylation sites (tertiary alicyclic amines) is 1. The van der Waals surface area contributed by atoms with Gasteiger partial charge in [0.15, 0.2) is 11.6 Å². The van der Waals surface area contributed by atoms with Crippen LogP contribution in [0.2, 0.25) is 0 Å². The van der Waals surface area contributed by atoms with Gasteiger partial charge in [-0.25, -0.2) is 4.98 Å². The second-order valence-corrected chi connectivity index (χ2v) is 8.73. The molecule has 1 aliphatic carbocycles. The number of Topliss-reactive ketones (excluding diaryl/α,β-unsaturated/α-hetero) is 2. The van der Waals surface area contributed by atoms with Crippen LogP contribution in [-0.2, 0) is 28.7 Å². The van der Waals surface area contributed by atoms with E-state index in [4.69, 9.17) is 0 Å². The number of aromatic nitrogens is 4. The second-order valence-electron chi connectivity index (χ2n) is 8.73. The lowest BCUT2D eigenvalue weighted by molar-refractivity contribution is -0.141. The Labute approximate surface area is 191 Å². The van der Waals surface area contributed by atoms with Crippen molar-refractivity contribution in [3.63, 3.8) is 0 Å². The summed E-state index contributed by atoms with van der Waals surface area (Å²) in [5, 5.41) is 4.87. The van der Waals surface area contributed by atoms with Crippen molar-refractivity contribution in [1.29, 1.82) is 0 Å². The van der Waals surface area contributed by atoms with Gasteiger partial charge in [0.1, 0.15) is 17.9 Å². The predicted molar refractivity (Wildman–Crippen MR) is 113 cm³/mol. The number of fused-ring (bicyclic) bond motifs is 2. The molecule has 3 atom stereocenters. The fraction of sp³-hybridized carbons (Fsp3) is 0.391. The van der Waals surface area contributed by atoms with E-state index < -0.39 is 17.9 Å². The number of carbonyl (C=O) groups excluding carboxylic acids is 3. The molecule has 1 aliphatic heterocycles. The van der Waals surface area contributed by atoms with Crippen molar-refractivity contribution in [1.82, 2.24) is 24.6 Å². The lowest BCUT2D eigenvalue weighted by Crippen LogP contribution is -2.45. The molecular formula is C23H20F3N5O3. The number of pyridine rings is 2. The molecule has 0 aromatic carbocycles. The third-order valence-electron chi connectivity index (χ3n) is 6.39. The van der Waals surface area contributed by atoms with Gasteiger partial charge in [-0.3, -0.25) is 24.0 Å². The van der Waals surface area contributed by atoms with Gasteiger partial charge < -0.3 is 4.90 Å². The van der Waals surface area contributed by atoms with Gasteiger partial charge in [-0.2, -0.15) is 18.3 Å². The number of amides is 1. The smallest absolute Gasteiger partial charge is 0.328 e. The van der Waals surface area contributed by atoms with Crippen LogP contribution in [0.4, 0.5) is 13.2 Å². The van der Waals surface area contributed by atoms with Crippen LogP contribution < -0.4 is 0 Å². The Hall–Kier alpha value is -3.63. The van der Waals surface area contributed by atoms with Gasteiger partial charge >= 0.3 is 6.18 Å². The Kier molecular flexibility index (Phi) is 5.22. The number of alkyl halides is 3. The molecule has 0 N–H and O–H groups in total. The van der Waals surface area contributed by atoms with Gasteiger partial charge in [-0.1, -0.05) is 6.07 Å². The highest BCUT2D eigenvalue weighted by Gasteiger charge is 2.55. The molecule has 2 fully saturated rings. The fourth-order valence-corrected chi connectivity index (χ4v) is 4.75. The Bertz CT molecular complexity index is 1320. The summed E-state index contributed by atoms with van der Waals surface area (Å²) in [4.78, 5) is 47.4. The van der Waals surface area contributed by atoms with Crippen molar-refractivity contribution in [3.05, 3.63) is 53.7 Å². The second kappa shape index (κ2) is 8.00. The minimum absolute atomic E-state index is 0.0167. The van der Waals surface area contributed by atoms with Crippen molar-refractivity contribution >= 4 is 28.4 Å². The summed E-state index contributed by atoms with van der Waals surface area (Å²) in [6.45, 7) is 1.21. The molecular weight excluding hydrogens is 451 g/mol. The van der Waals surface area contributed by atoms with Crippen molar-refractivity contribution in [2.24, 2.45) is 5.92 Å². The Morgan fingerprint density at radius 3 is 2.68 bits per heavy atom. The van der Waals surface area contributed by atoms with Crippen molar-refractivity contribution < 1.29 is 27.6 Å². The first-order chi connectivity index (χ1) is 16.1. The molecule has 5 rings (SSSR count). The van der Waals surface area contributed by atoms with Crippen molar-refractivity contribution in [2.45, 2.75) is 51.0 Å². The predicted octanol–water partition coefficient (Wildman–Crippen LogP) is 2.85. The zero-order chi connectivity index (χ0) is 24.2. The van der Waals surface area contributed by atoms with Crippen molar-refractivity contribution in [2.75, 3.05) is 0 Å². The van der Waals surface area contributed by atoms with Crippen LogP contribution in [0.1, 0.15) is 41.6 Å². The molecule has 1 saturated heterocycles. The van der Waals surface area contributed by atoms with E-state index in [-0.39, 0.29) is 53.8 Å².